The van der Waals surface area contributed by atoms with Crippen molar-refractivity contribution in [2.24, 2.45) is 0 Å². The van der Waals surface area contributed by atoms with E-state index in [0.29, 0.717) is 0 Å². The zero-order chi connectivity index (χ0) is 11.1. The van der Waals surface area contributed by atoms with E-state index in [2.05, 4.69) is 61.3 Å². The third kappa shape index (κ3) is 1.48. The van der Waals surface area contributed by atoms with E-state index in [0.717, 1.165) is 21.9 Å². The monoisotopic (exact) mass is 338 g/mol. The first-order valence-corrected chi connectivity index (χ1v) is 6.44. The van der Waals surface area contributed by atoms with Gasteiger partial charge in [-0.2, -0.15) is 0 Å². The van der Waals surface area contributed by atoms with Crippen LogP contribution in [0.4, 0.5) is 5.69 Å². The first kappa shape index (κ1) is 10.3. The molecule has 0 spiro atoms. The zero-order valence-electron chi connectivity index (χ0n) is 8.32. The van der Waals surface area contributed by atoms with E-state index in [1.807, 2.05) is 16.2 Å². The molecule has 0 saturated carbocycles. The maximum atomic E-state index is 4.46. The van der Waals surface area contributed by atoms with Crippen LogP contribution < -0.4 is 3.93 Å². The molecule has 0 aliphatic carbocycles. The van der Waals surface area contributed by atoms with Crippen molar-refractivity contribution in [2.75, 3.05) is 10.5 Å². The predicted octanol–water partition coefficient (Wildman–Crippen LogP) is 4.14. The van der Waals surface area contributed by atoms with Gasteiger partial charge in [0.15, 0.2) is 0 Å². The lowest BCUT2D eigenvalue weighted by molar-refractivity contribution is 1.21. The molecule has 0 radical (unpaired) electrons. The van der Waals surface area contributed by atoms with E-state index in [4.69, 9.17) is 0 Å². The van der Waals surface area contributed by atoms with Gasteiger partial charge in [0.1, 0.15) is 0 Å². The highest BCUT2D eigenvalue weighted by Crippen LogP contribution is 2.35. The van der Waals surface area contributed by atoms with Gasteiger partial charge in [-0.05, 0) is 18.2 Å². The quantitative estimate of drug-likeness (QED) is 0.670. The van der Waals surface area contributed by atoms with E-state index in [1.54, 1.807) is 0 Å². The number of anilines is 1. The normalized spacial score (nSPS) is 14.2. The highest BCUT2D eigenvalue weighted by atomic mass is 79.9. The Hall–Kier alpha value is -0.870. The SMILES string of the molecule is Brc1ccnc2c3c(ccc12)N(Br)CC=C3. The fourth-order valence-corrected chi connectivity index (χ4v) is 2.85. The molecule has 80 valence electrons. The molecule has 4 heteroatoms. The van der Waals surface area contributed by atoms with Crippen LogP contribution in [-0.4, -0.2) is 11.5 Å². The second kappa shape index (κ2) is 3.86. The van der Waals surface area contributed by atoms with Gasteiger partial charge >= 0.3 is 0 Å². The molecule has 0 unspecified atom stereocenters. The summed E-state index contributed by atoms with van der Waals surface area (Å²) in [5.41, 5.74) is 3.37. The van der Waals surface area contributed by atoms with Crippen LogP contribution in [0, 0.1) is 0 Å². The largest absolute Gasteiger partial charge is 0.304 e. The van der Waals surface area contributed by atoms with Gasteiger partial charge in [-0.3, -0.25) is 4.98 Å². The molecule has 0 saturated heterocycles. The Morgan fingerprint density at radius 3 is 3.00 bits per heavy atom. The Morgan fingerprint density at radius 2 is 2.12 bits per heavy atom. The molecule has 3 rings (SSSR count). The van der Waals surface area contributed by atoms with E-state index in [-0.39, 0.29) is 0 Å². The maximum Gasteiger partial charge on any atom is 0.0806 e. The van der Waals surface area contributed by atoms with Crippen molar-refractivity contribution in [1.82, 2.24) is 4.98 Å². The van der Waals surface area contributed by atoms with Gasteiger partial charge in [-0.15, -0.1) is 0 Å². The number of aromatic nitrogens is 1. The third-order valence-electron chi connectivity index (χ3n) is 2.69. The van der Waals surface area contributed by atoms with Crippen LogP contribution in [0.1, 0.15) is 5.56 Å². The van der Waals surface area contributed by atoms with Crippen molar-refractivity contribution in [3.05, 3.63) is 40.5 Å². The number of fused-ring (bicyclic) bond motifs is 3. The smallest absolute Gasteiger partial charge is 0.0806 e. The van der Waals surface area contributed by atoms with Gasteiger partial charge in [0, 0.05) is 44.3 Å². The topological polar surface area (TPSA) is 16.1 Å². The van der Waals surface area contributed by atoms with E-state index in [1.165, 1.54) is 11.3 Å². The summed E-state index contributed by atoms with van der Waals surface area (Å²) < 4.78 is 3.13. The molecule has 16 heavy (non-hydrogen) atoms. The maximum absolute atomic E-state index is 4.46. The van der Waals surface area contributed by atoms with Crippen molar-refractivity contribution in [2.45, 2.75) is 0 Å². The minimum atomic E-state index is 0.881. The molecular formula is C12H8Br2N2. The molecule has 1 aliphatic rings. The standard InChI is InChI=1S/C12H8Br2N2/c13-10-5-6-15-12-8(10)3-4-11-9(12)2-1-7-16(11)14/h1-6H,7H2. The lowest BCUT2D eigenvalue weighted by Gasteiger charge is -2.22. The summed E-state index contributed by atoms with van der Waals surface area (Å²) >= 11 is 7.08. The Kier molecular flexibility index (Phi) is 2.48. The van der Waals surface area contributed by atoms with Gasteiger partial charge in [-0.25, -0.2) is 0 Å². The van der Waals surface area contributed by atoms with E-state index in [9.17, 15) is 0 Å². The van der Waals surface area contributed by atoms with Gasteiger partial charge in [0.05, 0.1) is 11.2 Å². The Morgan fingerprint density at radius 1 is 1.25 bits per heavy atom. The van der Waals surface area contributed by atoms with Crippen molar-refractivity contribution in [1.29, 1.82) is 0 Å². The van der Waals surface area contributed by atoms with Crippen molar-refractivity contribution in [3.63, 3.8) is 0 Å². The minimum Gasteiger partial charge on any atom is -0.304 e. The number of benzene rings is 1. The summed E-state index contributed by atoms with van der Waals surface area (Å²) in [5, 5.41) is 1.15. The van der Waals surface area contributed by atoms with E-state index >= 15 is 0 Å². The number of nitrogens with zero attached hydrogens (tertiary/aromatic N) is 2. The van der Waals surface area contributed by atoms with Gasteiger partial charge in [0.25, 0.3) is 0 Å². The third-order valence-corrected chi connectivity index (χ3v) is 4.05. The Labute approximate surface area is 110 Å². The molecule has 1 aromatic heterocycles. The highest BCUT2D eigenvalue weighted by Gasteiger charge is 2.14. The summed E-state index contributed by atoms with van der Waals surface area (Å²) in [7, 11) is 0. The Bertz CT molecular complexity index is 593. The number of pyridine rings is 1. The van der Waals surface area contributed by atoms with E-state index < -0.39 is 0 Å². The van der Waals surface area contributed by atoms with Crippen molar-refractivity contribution < 1.29 is 0 Å². The molecule has 0 fully saturated rings. The second-order valence-corrected chi connectivity index (χ2v) is 5.34. The summed E-state index contributed by atoms with van der Waals surface area (Å²) in [6.07, 6.45) is 6.09. The molecule has 0 bridgehead atoms. The minimum absolute atomic E-state index is 0.881. The molecule has 0 atom stereocenters. The zero-order valence-corrected chi connectivity index (χ0v) is 11.5. The van der Waals surface area contributed by atoms with Crippen LogP contribution in [0.3, 0.4) is 0 Å². The lowest BCUT2D eigenvalue weighted by Crippen LogP contribution is -2.13. The lowest BCUT2D eigenvalue weighted by atomic mass is 10.0. The average Bonchev–Trinajstić information content (AvgIpc) is 2.30. The molecule has 0 amide bonds. The van der Waals surface area contributed by atoms with Crippen LogP contribution >= 0.6 is 32.1 Å². The predicted molar refractivity (Wildman–Crippen MR) is 74.8 cm³/mol. The first-order valence-electron chi connectivity index (χ1n) is 4.94. The molecule has 2 aromatic rings. The number of hydrogen-bond donors (Lipinski definition) is 0. The highest BCUT2D eigenvalue weighted by molar-refractivity contribution is 9.10. The average molecular weight is 340 g/mol. The number of halogens is 2. The van der Waals surface area contributed by atoms with Crippen LogP contribution in [0.2, 0.25) is 0 Å². The summed E-state index contributed by atoms with van der Waals surface area (Å²) in [5.74, 6) is 0. The summed E-state index contributed by atoms with van der Waals surface area (Å²) in [6.45, 7) is 0.881. The fourth-order valence-electron chi connectivity index (χ4n) is 1.93. The Balaban J connectivity index is 2.41. The second-order valence-electron chi connectivity index (χ2n) is 3.63. The molecule has 1 aromatic carbocycles. The molecule has 2 nitrogen and oxygen atoms in total. The summed E-state index contributed by atoms with van der Waals surface area (Å²) in [4.78, 5) is 4.46. The molecule has 1 aliphatic heterocycles. The summed E-state index contributed by atoms with van der Waals surface area (Å²) in [6, 6.07) is 6.17. The van der Waals surface area contributed by atoms with Crippen molar-refractivity contribution in [3.8, 4) is 0 Å². The fraction of sp³-hybridized carbons (Fsp3) is 0.0833. The van der Waals surface area contributed by atoms with Gasteiger partial charge < -0.3 is 3.93 Å². The molecule has 0 N–H and O–H groups in total. The van der Waals surface area contributed by atoms with Crippen molar-refractivity contribution >= 4 is 54.7 Å². The van der Waals surface area contributed by atoms with Crippen LogP contribution in [0.25, 0.3) is 17.0 Å². The van der Waals surface area contributed by atoms with Gasteiger partial charge in [-0.1, -0.05) is 28.1 Å². The van der Waals surface area contributed by atoms with Gasteiger partial charge in [0.2, 0.25) is 0 Å². The molecule has 2 heterocycles. The van der Waals surface area contributed by atoms with Crippen LogP contribution in [0.15, 0.2) is 34.9 Å². The number of hydrogen-bond acceptors (Lipinski definition) is 2. The molecular weight excluding hydrogens is 332 g/mol. The van der Waals surface area contributed by atoms with Crippen LogP contribution in [0.5, 0.6) is 0 Å². The van der Waals surface area contributed by atoms with Crippen LogP contribution in [-0.2, 0) is 0 Å². The number of rotatable bonds is 0. The first-order chi connectivity index (χ1) is 7.77.